The summed E-state index contributed by atoms with van der Waals surface area (Å²) in [4.78, 5) is 14.2. The molecule has 0 aliphatic carbocycles. The van der Waals surface area contributed by atoms with Gasteiger partial charge in [-0.25, -0.2) is 9.79 Å². The molecule has 1 rings (SSSR count). The second-order valence-electron chi connectivity index (χ2n) is 2.46. The third-order valence-electron chi connectivity index (χ3n) is 1.33. The highest BCUT2D eigenvalue weighted by molar-refractivity contribution is 6.30. The average Bonchev–Trinajstić information content (AvgIpc) is 2.07. The lowest BCUT2D eigenvalue weighted by atomic mass is 10.3. The fraction of sp³-hybridized carbons (Fsp3) is 0. The average molecular weight is 249 g/mol. The number of primary amides is 1. The van der Waals surface area contributed by atoms with Gasteiger partial charge in [0.05, 0.1) is 5.69 Å². The Kier molecular flexibility index (Phi) is 5.51. The molecule has 0 bridgehead atoms. The molecule has 0 heterocycles. The Labute approximate surface area is 97.9 Å². The standard InChI is InChI=1S/C8H9ClN4O.ClH/c9-5-1-3-6(4-2-5)12-7(10)13-8(11)14;/h1-4H,(H5,10,11,12,13,14);1H. The zero-order chi connectivity index (χ0) is 10.6. The number of nitrogens with zero attached hydrogens (tertiary/aromatic N) is 1. The zero-order valence-corrected chi connectivity index (χ0v) is 9.18. The van der Waals surface area contributed by atoms with Crippen molar-refractivity contribution in [2.45, 2.75) is 0 Å². The number of hydrogen-bond acceptors (Lipinski definition) is 2. The molecule has 0 atom stereocenters. The molecule has 0 unspecified atom stereocenters. The largest absolute Gasteiger partial charge is 0.369 e. The van der Waals surface area contributed by atoms with Crippen LogP contribution in [0, 0.1) is 0 Å². The summed E-state index contributed by atoms with van der Waals surface area (Å²) < 4.78 is 0. The summed E-state index contributed by atoms with van der Waals surface area (Å²) >= 11 is 5.66. The van der Waals surface area contributed by atoms with E-state index < -0.39 is 6.03 Å². The topological polar surface area (TPSA) is 93.5 Å². The zero-order valence-electron chi connectivity index (χ0n) is 7.61. The Morgan fingerprint density at radius 3 is 2.27 bits per heavy atom. The Morgan fingerprint density at radius 1 is 1.27 bits per heavy atom. The van der Waals surface area contributed by atoms with E-state index in [1.54, 1.807) is 24.3 Å². The monoisotopic (exact) mass is 248 g/mol. The van der Waals surface area contributed by atoms with Crippen LogP contribution in [0.15, 0.2) is 29.3 Å². The number of rotatable bonds is 1. The maximum Gasteiger partial charge on any atom is 0.318 e. The SMILES string of the molecule is Cl.NC(=O)NC(N)=Nc1ccc(Cl)cc1. The lowest BCUT2D eigenvalue weighted by molar-refractivity contribution is 0.253. The fourth-order valence-corrected chi connectivity index (χ4v) is 0.935. The first kappa shape index (κ1) is 13.5. The minimum absolute atomic E-state index is 0. The van der Waals surface area contributed by atoms with E-state index >= 15 is 0 Å². The van der Waals surface area contributed by atoms with Gasteiger partial charge in [0.15, 0.2) is 0 Å². The van der Waals surface area contributed by atoms with Crippen LogP contribution in [0.3, 0.4) is 0 Å². The Bertz CT molecular complexity index is 363. The maximum absolute atomic E-state index is 10.4. The third-order valence-corrected chi connectivity index (χ3v) is 1.58. The van der Waals surface area contributed by atoms with Gasteiger partial charge >= 0.3 is 6.03 Å². The first-order valence-electron chi connectivity index (χ1n) is 3.74. The molecule has 0 spiro atoms. The van der Waals surface area contributed by atoms with E-state index in [0.29, 0.717) is 10.7 Å². The molecule has 0 saturated carbocycles. The van der Waals surface area contributed by atoms with Crippen molar-refractivity contribution >= 4 is 41.7 Å². The number of hydrogen-bond donors (Lipinski definition) is 3. The van der Waals surface area contributed by atoms with Crippen molar-refractivity contribution in [3.05, 3.63) is 29.3 Å². The van der Waals surface area contributed by atoms with E-state index in [1.807, 2.05) is 0 Å². The predicted molar refractivity (Wildman–Crippen MR) is 62.7 cm³/mol. The first-order chi connectivity index (χ1) is 6.58. The van der Waals surface area contributed by atoms with Gasteiger partial charge in [0, 0.05) is 5.02 Å². The van der Waals surface area contributed by atoms with E-state index in [-0.39, 0.29) is 18.4 Å². The summed E-state index contributed by atoms with van der Waals surface area (Å²) in [6.45, 7) is 0. The lowest BCUT2D eigenvalue weighted by Gasteiger charge is -1.99. The minimum Gasteiger partial charge on any atom is -0.369 e. The van der Waals surface area contributed by atoms with E-state index in [9.17, 15) is 4.79 Å². The molecule has 15 heavy (non-hydrogen) atoms. The smallest absolute Gasteiger partial charge is 0.318 e. The number of halogens is 2. The van der Waals surface area contributed by atoms with Crippen LogP contribution < -0.4 is 16.8 Å². The molecular formula is C8H10Cl2N4O. The van der Waals surface area contributed by atoms with Crippen molar-refractivity contribution in [2.75, 3.05) is 0 Å². The molecule has 0 aromatic heterocycles. The van der Waals surface area contributed by atoms with Crippen LogP contribution in [-0.2, 0) is 0 Å². The molecule has 0 aliphatic rings. The van der Waals surface area contributed by atoms with E-state index in [0.717, 1.165) is 0 Å². The summed E-state index contributed by atoms with van der Waals surface area (Å²) in [5, 5.41) is 2.74. The van der Waals surface area contributed by atoms with Crippen LogP contribution in [-0.4, -0.2) is 12.0 Å². The van der Waals surface area contributed by atoms with Crippen LogP contribution in [0.25, 0.3) is 0 Å². The number of nitrogens with two attached hydrogens (primary N) is 2. The number of guanidine groups is 1. The number of nitrogens with one attached hydrogen (secondary N) is 1. The normalized spacial score (nSPS) is 10.3. The molecule has 2 amide bonds. The molecule has 1 aromatic rings. The minimum atomic E-state index is -0.750. The number of carbonyl (C=O) groups is 1. The van der Waals surface area contributed by atoms with Crippen molar-refractivity contribution in [2.24, 2.45) is 16.5 Å². The van der Waals surface area contributed by atoms with Gasteiger partial charge in [0.2, 0.25) is 5.96 Å². The summed E-state index contributed by atoms with van der Waals surface area (Å²) in [7, 11) is 0. The molecule has 5 nitrogen and oxygen atoms in total. The first-order valence-corrected chi connectivity index (χ1v) is 4.12. The number of aliphatic imine (C=N–C) groups is 1. The van der Waals surface area contributed by atoms with Crippen molar-refractivity contribution in [3.63, 3.8) is 0 Å². The predicted octanol–water partition coefficient (Wildman–Crippen LogP) is 1.38. The molecule has 5 N–H and O–H groups in total. The van der Waals surface area contributed by atoms with Gasteiger partial charge in [-0.15, -0.1) is 12.4 Å². The van der Waals surface area contributed by atoms with Crippen LogP contribution in [0.5, 0.6) is 0 Å². The van der Waals surface area contributed by atoms with Gasteiger partial charge < -0.3 is 11.5 Å². The Balaban J connectivity index is 0.00000196. The highest BCUT2D eigenvalue weighted by atomic mass is 35.5. The van der Waals surface area contributed by atoms with Gasteiger partial charge in [-0.1, -0.05) is 11.6 Å². The fourth-order valence-electron chi connectivity index (χ4n) is 0.809. The molecule has 1 aromatic carbocycles. The lowest BCUT2D eigenvalue weighted by Crippen LogP contribution is -2.39. The van der Waals surface area contributed by atoms with Crippen LogP contribution >= 0.6 is 24.0 Å². The highest BCUT2D eigenvalue weighted by Crippen LogP contribution is 2.15. The molecule has 7 heteroatoms. The van der Waals surface area contributed by atoms with Crippen molar-refractivity contribution < 1.29 is 4.79 Å². The van der Waals surface area contributed by atoms with Crippen LogP contribution in [0.4, 0.5) is 10.5 Å². The summed E-state index contributed by atoms with van der Waals surface area (Å²) in [5.41, 5.74) is 10.8. The van der Waals surface area contributed by atoms with Gasteiger partial charge in [-0.05, 0) is 24.3 Å². The van der Waals surface area contributed by atoms with Crippen molar-refractivity contribution in [1.82, 2.24) is 5.32 Å². The Hall–Kier alpha value is -1.46. The summed E-state index contributed by atoms with van der Waals surface area (Å²) in [6, 6.07) is 5.91. The van der Waals surface area contributed by atoms with E-state index in [2.05, 4.69) is 10.3 Å². The molecule has 82 valence electrons. The maximum atomic E-state index is 10.4. The van der Waals surface area contributed by atoms with Crippen LogP contribution in [0.2, 0.25) is 5.02 Å². The molecule has 0 fully saturated rings. The highest BCUT2D eigenvalue weighted by Gasteiger charge is 1.96. The van der Waals surface area contributed by atoms with Crippen molar-refractivity contribution in [3.8, 4) is 0 Å². The van der Waals surface area contributed by atoms with Crippen molar-refractivity contribution in [1.29, 1.82) is 0 Å². The second kappa shape index (κ2) is 6.10. The quantitative estimate of drug-likeness (QED) is 0.518. The molecular weight excluding hydrogens is 239 g/mol. The number of benzene rings is 1. The van der Waals surface area contributed by atoms with E-state index in [1.165, 1.54) is 0 Å². The molecule has 0 saturated heterocycles. The summed E-state index contributed by atoms with van der Waals surface area (Å²) in [6.07, 6.45) is 0. The van der Waals surface area contributed by atoms with Gasteiger partial charge in [-0.3, -0.25) is 5.32 Å². The van der Waals surface area contributed by atoms with Gasteiger partial charge in [0.25, 0.3) is 0 Å². The molecule has 0 aliphatic heterocycles. The molecule has 0 radical (unpaired) electrons. The van der Waals surface area contributed by atoms with E-state index in [4.69, 9.17) is 23.1 Å². The number of carbonyl (C=O) groups excluding carboxylic acids is 1. The van der Waals surface area contributed by atoms with Gasteiger partial charge in [-0.2, -0.15) is 0 Å². The number of urea groups is 1. The number of amides is 2. The summed E-state index contributed by atoms with van der Waals surface area (Å²) in [5.74, 6) is -0.0557. The third kappa shape index (κ3) is 5.09. The second-order valence-corrected chi connectivity index (χ2v) is 2.90. The van der Waals surface area contributed by atoms with Gasteiger partial charge in [0.1, 0.15) is 0 Å². The Morgan fingerprint density at radius 2 is 1.80 bits per heavy atom. The van der Waals surface area contributed by atoms with Crippen LogP contribution in [0.1, 0.15) is 0 Å².